The molecule has 5 heteroatoms. The number of aromatic hydroxyl groups is 1. The van der Waals surface area contributed by atoms with Gasteiger partial charge in [0.15, 0.2) is 0 Å². The van der Waals surface area contributed by atoms with E-state index in [-0.39, 0.29) is 17.7 Å². The molecule has 4 rings (SSSR count). The molecule has 3 saturated heterocycles. The van der Waals surface area contributed by atoms with Crippen LogP contribution in [0.5, 0.6) is 5.75 Å². The van der Waals surface area contributed by atoms with Gasteiger partial charge in [-0.15, -0.1) is 0 Å². The molecule has 0 aromatic carbocycles. The Bertz CT molecular complexity index is 455. The van der Waals surface area contributed by atoms with Crippen molar-refractivity contribution in [3.05, 3.63) is 24.0 Å². The molecular formula is C13H17N3O2. The molecule has 1 amide bonds. The highest BCUT2D eigenvalue weighted by atomic mass is 16.3. The van der Waals surface area contributed by atoms with Gasteiger partial charge in [-0.25, -0.2) is 0 Å². The van der Waals surface area contributed by atoms with Crippen LogP contribution in [-0.2, 0) is 0 Å². The van der Waals surface area contributed by atoms with E-state index in [2.05, 4.69) is 15.2 Å². The summed E-state index contributed by atoms with van der Waals surface area (Å²) in [7, 11) is 0. The number of aromatic nitrogens is 1. The van der Waals surface area contributed by atoms with Gasteiger partial charge in [0.25, 0.3) is 5.91 Å². The van der Waals surface area contributed by atoms with Crippen LogP contribution in [-0.4, -0.2) is 46.6 Å². The Morgan fingerprint density at radius 3 is 2.83 bits per heavy atom. The zero-order valence-electron chi connectivity index (χ0n) is 10.2. The van der Waals surface area contributed by atoms with Crippen LogP contribution in [0.3, 0.4) is 0 Å². The molecule has 0 aliphatic carbocycles. The van der Waals surface area contributed by atoms with Crippen LogP contribution in [0.2, 0.25) is 0 Å². The van der Waals surface area contributed by atoms with Gasteiger partial charge in [-0.05, 0) is 37.9 Å². The molecule has 2 bridgehead atoms. The van der Waals surface area contributed by atoms with E-state index in [1.807, 2.05) is 0 Å². The molecule has 1 aromatic heterocycles. The van der Waals surface area contributed by atoms with Gasteiger partial charge in [0, 0.05) is 18.8 Å². The molecule has 0 saturated carbocycles. The number of rotatable bonds is 2. The molecule has 3 aliphatic rings. The molecule has 4 heterocycles. The second kappa shape index (κ2) is 4.57. The van der Waals surface area contributed by atoms with E-state index < -0.39 is 0 Å². The number of amides is 1. The lowest BCUT2D eigenvalue weighted by atomic mass is 9.84. The van der Waals surface area contributed by atoms with Gasteiger partial charge in [-0.2, -0.15) is 0 Å². The standard InChI is InChI=1S/C13H17N3O2/c17-12-7-14-4-1-10(12)13(18)15-11-8-16-5-2-9(11)3-6-16/h1,4,7,9,11,17H,2-3,5-6,8H2,(H,15,18). The Morgan fingerprint density at radius 1 is 1.44 bits per heavy atom. The van der Waals surface area contributed by atoms with E-state index in [0.29, 0.717) is 11.5 Å². The number of carbonyl (C=O) groups is 1. The summed E-state index contributed by atoms with van der Waals surface area (Å²) >= 11 is 0. The molecule has 1 atom stereocenters. The quantitative estimate of drug-likeness (QED) is 0.803. The Hall–Kier alpha value is -1.62. The second-order valence-corrected chi connectivity index (χ2v) is 5.11. The second-order valence-electron chi connectivity index (χ2n) is 5.11. The van der Waals surface area contributed by atoms with Crippen LogP contribution in [0.15, 0.2) is 18.5 Å². The first-order valence-corrected chi connectivity index (χ1v) is 6.40. The van der Waals surface area contributed by atoms with E-state index in [0.717, 1.165) is 32.5 Å². The number of nitrogens with one attached hydrogen (secondary N) is 1. The van der Waals surface area contributed by atoms with Gasteiger partial charge in [0.2, 0.25) is 0 Å². The molecule has 0 spiro atoms. The summed E-state index contributed by atoms with van der Waals surface area (Å²) in [6.07, 6.45) is 5.14. The number of piperidine rings is 3. The number of pyridine rings is 1. The number of carbonyl (C=O) groups excluding carboxylic acids is 1. The van der Waals surface area contributed by atoms with Crippen LogP contribution in [0, 0.1) is 5.92 Å². The summed E-state index contributed by atoms with van der Waals surface area (Å²) < 4.78 is 0. The van der Waals surface area contributed by atoms with Crippen LogP contribution in [0.4, 0.5) is 0 Å². The van der Waals surface area contributed by atoms with E-state index in [1.54, 1.807) is 6.07 Å². The summed E-state index contributed by atoms with van der Waals surface area (Å²) in [5, 5.41) is 12.6. The first-order valence-electron chi connectivity index (χ1n) is 6.40. The van der Waals surface area contributed by atoms with Gasteiger partial charge in [-0.3, -0.25) is 9.78 Å². The highest BCUT2D eigenvalue weighted by Gasteiger charge is 2.35. The van der Waals surface area contributed by atoms with Crippen LogP contribution in [0.1, 0.15) is 23.2 Å². The van der Waals surface area contributed by atoms with Crippen molar-refractivity contribution in [2.24, 2.45) is 5.92 Å². The molecule has 5 nitrogen and oxygen atoms in total. The number of hydrogen-bond donors (Lipinski definition) is 2. The van der Waals surface area contributed by atoms with Crippen LogP contribution < -0.4 is 5.32 Å². The molecule has 1 unspecified atom stereocenters. The summed E-state index contributed by atoms with van der Waals surface area (Å²) in [6.45, 7) is 3.23. The van der Waals surface area contributed by atoms with Gasteiger partial charge in [0.05, 0.1) is 11.8 Å². The Kier molecular flexibility index (Phi) is 2.91. The zero-order chi connectivity index (χ0) is 12.5. The largest absolute Gasteiger partial charge is 0.505 e. The van der Waals surface area contributed by atoms with Crippen molar-refractivity contribution in [1.29, 1.82) is 0 Å². The molecule has 96 valence electrons. The Morgan fingerprint density at radius 2 is 2.22 bits per heavy atom. The molecule has 2 N–H and O–H groups in total. The lowest BCUT2D eigenvalue weighted by Crippen LogP contribution is -2.57. The summed E-state index contributed by atoms with van der Waals surface area (Å²) in [4.78, 5) is 18.3. The average Bonchev–Trinajstić information content (AvgIpc) is 2.40. The van der Waals surface area contributed by atoms with E-state index in [4.69, 9.17) is 0 Å². The third-order valence-corrected chi connectivity index (χ3v) is 4.02. The highest BCUT2D eigenvalue weighted by Crippen LogP contribution is 2.28. The van der Waals surface area contributed by atoms with Crippen LogP contribution >= 0.6 is 0 Å². The summed E-state index contributed by atoms with van der Waals surface area (Å²) in [5.41, 5.74) is 0.307. The molecule has 18 heavy (non-hydrogen) atoms. The fourth-order valence-electron chi connectivity index (χ4n) is 2.95. The molecule has 1 aromatic rings. The van der Waals surface area contributed by atoms with E-state index in [1.165, 1.54) is 12.4 Å². The average molecular weight is 247 g/mol. The van der Waals surface area contributed by atoms with Crippen molar-refractivity contribution in [3.63, 3.8) is 0 Å². The smallest absolute Gasteiger partial charge is 0.255 e. The van der Waals surface area contributed by atoms with Crippen molar-refractivity contribution in [3.8, 4) is 5.75 Å². The van der Waals surface area contributed by atoms with Crippen molar-refractivity contribution in [2.45, 2.75) is 18.9 Å². The van der Waals surface area contributed by atoms with Gasteiger partial charge in [-0.1, -0.05) is 0 Å². The van der Waals surface area contributed by atoms with Gasteiger partial charge < -0.3 is 15.3 Å². The van der Waals surface area contributed by atoms with E-state index in [9.17, 15) is 9.90 Å². The fourth-order valence-corrected chi connectivity index (χ4v) is 2.95. The molecule has 0 radical (unpaired) electrons. The first kappa shape index (κ1) is 11.5. The van der Waals surface area contributed by atoms with E-state index >= 15 is 0 Å². The normalized spacial score (nSPS) is 30.1. The zero-order valence-corrected chi connectivity index (χ0v) is 10.2. The third-order valence-electron chi connectivity index (χ3n) is 4.02. The number of fused-ring (bicyclic) bond motifs is 3. The molecular weight excluding hydrogens is 230 g/mol. The monoisotopic (exact) mass is 247 g/mol. The highest BCUT2D eigenvalue weighted by molar-refractivity contribution is 5.96. The number of hydrogen-bond acceptors (Lipinski definition) is 4. The minimum Gasteiger partial charge on any atom is -0.505 e. The maximum Gasteiger partial charge on any atom is 0.255 e. The fraction of sp³-hybridized carbons (Fsp3) is 0.538. The third kappa shape index (κ3) is 2.06. The predicted molar refractivity (Wildman–Crippen MR) is 66.3 cm³/mol. The van der Waals surface area contributed by atoms with Gasteiger partial charge >= 0.3 is 0 Å². The maximum absolute atomic E-state index is 12.1. The van der Waals surface area contributed by atoms with Crippen molar-refractivity contribution >= 4 is 5.91 Å². The first-order chi connectivity index (χ1) is 8.74. The van der Waals surface area contributed by atoms with Gasteiger partial charge in [0.1, 0.15) is 5.75 Å². The molecule has 3 fully saturated rings. The topological polar surface area (TPSA) is 65.5 Å². The number of nitrogens with zero attached hydrogens (tertiary/aromatic N) is 2. The predicted octanol–water partition coefficient (Wildman–Crippen LogP) is 0.611. The maximum atomic E-state index is 12.1. The summed E-state index contributed by atoms with van der Waals surface area (Å²) in [5.74, 6) is 0.327. The van der Waals surface area contributed by atoms with Crippen molar-refractivity contribution in [2.75, 3.05) is 19.6 Å². The lowest BCUT2D eigenvalue weighted by molar-refractivity contribution is 0.0619. The minimum atomic E-state index is -0.200. The van der Waals surface area contributed by atoms with Crippen LogP contribution in [0.25, 0.3) is 0 Å². The lowest BCUT2D eigenvalue weighted by Gasteiger charge is -2.44. The summed E-state index contributed by atoms with van der Waals surface area (Å²) in [6, 6.07) is 1.76. The van der Waals surface area contributed by atoms with Crippen molar-refractivity contribution < 1.29 is 9.90 Å². The Balaban J connectivity index is 1.70. The Labute approximate surface area is 106 Å². The SMILES string of the molecule is O=C(NC1CN2CCC1CC2)c1ccncc1O. The molecule has 3 aliphatic heterocycles. The minimum absolute atomic E-state index is 0.0590. The van der Waals surface area contributed by atoms with Crippen molar-refractivity contribution in [1.82, 2.24) is 15.2 Å².